The Labute approximate surface area is 241 Å². The molecule has 0 aliphatic carbocycles. The smallest absolute Gasteiger partial charge is 0.343 e. The molecule has 3 rings (SSSR count). The molecular weight excluding hydrogens is 554 g/mol. The van der Waals surface area contributed by atoms with Gasteiger partial charge in [0.2, 0.25) is 20.4 Å². The number of carbonyl (C=O) groups is 1. The molecule has 0 saturated carbocycles. The fourth-order valence-corrected chi connectivity index (χ4v) is 6.04. The summed E-state index contributed by atoms with van der Waals surface area (Å²) in [6, 6.07) is 5.36. The molecule has 0 spiro atoms. The normalized spacial score (nSPS) is 14.0. The highest BCUT2D eigenvalue weighted by atomic mass is 35.5. The van der Waals surface area contributed by atoms with Crippen molar-refractivity contribution in [2.75, 3.05) is 6.61 Å². The number of hydrogen-bond donors (Lipinski definition) is 0. The lowest BCUT2D eigenvalue weighted by Gasteiger charge is -2.45. The van der Waals surface area contributed by atoms with Gasteiger partial charge < -0.3 is 13.7 Å². The minimum absolute atomic E-state index is 0.00173. The Morgan fingerprint density at radius 2 is 1.75 bits per heavy atom. The predicted molar refractivity (Wildman–Crippen MR) is 156 cm³/mol. The van der Waals surface area contributed by atoms with Crippen LogP contribution in [0.1, 0.15) is 76.0 Å². The molecule has 0 saturated heterocycles. The van der Waals surface area contributed by atoms with Crippen LogP contribution in [-0.4, -0.2) is 37.3 Å². The molecule has 1 aromatic carbocycles. The first-order chi connectivity index (χ1) is 18.5. The van der Waals surface area contributed by atoms with E-state index in [9.17, 15) is 14.0 Å². The first-order valence-electron chi connectivity index (χ1n) is 13.3. The molecule has 2 heterocycles. The van der Waals surface area contributed by atoms with Gasteiger partial charge in [-0.05, 0) is 48.5 Å². The minimum Gasteiger partial charge on any atom is -0.462 e. The Bertz CT molecular complexity index is 1460. The zero-order valence-corrected chi connectivity index (χ0v) is 26.4. The van der Waals surface area contributed by atoms with Gasteiger partial charge in [-0.2, -0.15) is 4.39 Å². The van der Waals surface area contributed by atoms with E-state index in [2.05, 4.69) is 25.8 Å². The Kier molecular flexibility index (Phi) is 9.64. The Morgan fingerprint density at radius 1 is 1.10 bits per heavy atom. The maximum Gasteiger partial charge on any atom is 0.343 e. The second-order valence-electron chi connectivity index (χ2n) is 12.3. The van der Waals surface area contributed by atoms with Gasteiger partial charge in [0.25, 0.3) is 0 Å². The third kappa shape index (κ3) is 6.81. The number of benzene rings is 1. The van der Waals surface area contributed by atoms with Crippen LogP contribution in [0.3, 0.4) is 0 Å². The summed E-state index contributed by atoms with van der Waals surface area (Å²) in [5, 5.41) is -0.0579. The van der Waals surface area contributed by atoms with E-state index < -0.39 is 43.7 Å². The molecule has 0 aliphatic rings. The SMILES string of the molecule is CCOC(=O)c1cn([C@H](C(O[Si](C)C)C(C)(C)C)C(C)(C)C)c2nc(F)c(Cc3cccc(Cl)c3F)cc2c1=O. The maximum absolute atomic E-state index is 15.6. The number of carbonyl (C=O) groups excluding carboxylic acids is 1. The molecule has 0 amide bonds. The lowest BCUT2D eigenvalue weighted by atomic mass is 9.74. The molecule has 0 aliphatic heterocycles. The van der Waals surface area contributed by atoms with E-state index in [0.29, 0.717) is 0 Å². The monoisotopic (exact) mass is 591 g/mol. The zero-order valence-electron chi connectivity index (χ0n) is 24.6. The highest BCUT2D eigenvalue weighted by Crippen LogP contribution is 2.43. The topological polar surface area (TPSA) is 70.4 Å². The van der Waals surface area contributed by atoms with Gasteiger partial charge in [-0.1, -0.05) is 65.3 Å². The third-order valence-corrected chi connectivity index (χ3v) is 7.65. The van der Waals surface area contributed by atoms with E-state index in [1.165, 1.54) is 24.4 Å². The molecule has 10 heteroatoms. The molecule has 0 bridgehead atoms. The Morgan fingerprint density at radius 3 is 2.30 bits per heavy atom. The van der Waals surface area contributed by atoms with Crippen LogP contribution in [0.2, 0.25) is 18.1 Å². The molecule has 0 fully saturated rings. The number of fused-ring (bicyclic) bond motifs is 1. The highest BCUT2D eigenvalue weighted by molar-refractivity contribution is 6.48. The Hall–Kier alpha value is -2.62. The van der Waals surface area contributed by atoms with Crippen LogP contribution in [-0.2, 0) is 15.6 Å². The largest absolute Gasteiger partial charge is 0.462 e. The van der Waals surface area contributed by atoms with E-state index in [4.69, 9.17) is 20.8 Å². The molecule has 2 atom stereocenters. The Balaban J connectivity index is 2.41. The van der Waals surface area contributed by atoms with E-state index in [1.54, 1.807) is 17.6 Å². The average Bonchev–Trinajstić information content (AvgIpc) is 2.82. The maximum atomic E-state index is 15.6. The predicted octanol–water partition coefficient (Wildman–Crippen LogP) is 7.37. The van der Waals surface area contributed by atoms with E-state index in [0.717, 1.165) is 0 Å². The molecule has 40 heavy (non-hydrogen) atoms. The second-order valence-corrected chi connectivity index (χ2v) is 14.8. The standard InChI is InChI=1S/C30H38ClF2N2O4Si/c1-10-38-28(37)20-16-35(24(29(2,3)4)25(30(5,6)7)39-40(8)9)27-19(23(20)36)15-18(26(33)34-27)14-17-12-11-13-21(31)22(17)32/h11-13,15-16,24-25H,10,14H2,1-9H3/t24-,25?/m1/s1. The number of aromatic nitrogens is 2. The molecule has 1 unspecified atom stereocenters. The van der Waals surface area contributed by atoms with Crippen molar-refractivity contribution in [3.63, 3.8) is 0 Å². The molecule has 217 valence electrons. The molecule has 2 aromatic heterocycles. The summed E-state index contributed by atoms with van der Waals surface area (Å²) in [5.41, 5.74) is -1.42. The number of pyridine rings is 2. The van der Waals surface area contributed by atoms with Gasteiger partial charge in [-0.15, -0.1) is 0 Å². The van der Waals surface area contributed by atoms with E-state index in [-0.39, 0.29) is 57.3 Å². The molecular formula is C30H38ClF2N2O4Si. The van der Waals surface area contributed by atoms with Gasteiger partial charge >= 0.3 is 5.97 Å². The molecule has 1 radical (unpaired) electrons. The van der Waals surface area contributed by atoms with Crippen molar-refractivity contribution in [3.05, 3.63) is 74.2 Å². The second kappa shape index (κ2) is 12.1. The number of halogens is 3. The van der Waals surface area contributed by atoms with Crippen LogP contribution in [0, 0.1) is 22.6 Å². The van der Waals surface area contributed by atoms with Gasteiger partial charge in [0.15, 0.2) is 0 Å². The van der Waals surface area contributed by atoms with Gasteiger partial charge in [0.1, 0.15) is 17.0 Å². The number of esters is 1. The summed E-state index contributed by atoms with van der Waals surface area (Å²) in [4.78, 5) is 30.9. The molecule has 0 N–H and O–H groups in total. The van der Waals surface area contributed by atoms with Crippen LogP contribution in [0.5, 0.6) is 0 Å². The fourth-order valence-electron chi connectivity index (χ4n) is 4.86. The third-order valence-electron chi connectivity index (χ3n) is 6.63. The van der Waals surface area contributed by atoms with Crippen LogP contribution < -0.4 is 5.43 Å². The quantitative estimate of drug-likeness (QED) is 0.155. The summed E-state index contributed by atoms with van der Waals surface area (Å²) >= 11 is 5.93. The summed E-state index contributed by atoms with van der Waals surface area (Å²) < 4.78 is 43.7. The van der Waals surface area contributed by atoms with Gasteiger partial charge in [-0.3, -0.25) is 4.79 Å². The molecule has 6 nitrogen and oxygen atoms in total. The first-order valence-corrected chi connectivity index (χ1v) is 16.1. The lowest BCUT2D eigenvalue weighted by Crippen LogP contribution is -2.46. The number of rotatable bonds is 8. The van der Waals surface area contributed by atoms with Crippen molar-refractivity contribution < 1.29 is 22.7 Å². The highest BCUT2D eigenvalue weighted by Gasteiger charge is 2.42. The zero-order chi connectivity index (χ0) is 30.2. The fraction of sp³-hybridized carbons (Fsp3) is 0.500. The van der Waals surface area contributed by atoms with Crippen molar-refractivity contribution in [1.29, 1.82) is 0 Å². The van der Waals surface area contributed by atoms with E-state index in [1.807, 2.05) is 33.9 Å². The summed E-state index contributed by atoms with van der Waals surface area (Å²) in [6.07, 6.45) is 0.862. The summed E-state index contributed by atoms with van der Waals surface area (Å²) in [5.74, 6) is -2.30. The van der Waals surface area contributed by atoms with Crippen molar-refractivity contribution in [2.45, 2.75) is 80.1 Å². The molecule has 3 aromatic rings. The van der Waals surface area contributed by atoms with Crippen LogP contribution in [0.15, 0.2) is 35.3 Å². The van der Waals surface area contributed by atoms with Crippen molar-refractivity contribution in [2.24, 2.45) is 10.8 Å². The van der Waals surface area contributed by atoms with Crippen LogP contribution >= 0.6 is 11.6 Å². The van der Waals surface area contributed by atoms with Gasteiger partial charge in [0, 0.05) is 18.2 Å². The van der Waals surface area contributed by atoms with Crippen molar-refractivity contribution in [3.8, 4) is 0 Å². The average molecular weight is 592 g/mol. The van der Waals surface area contributed by atoms with Crippen molar-refractivity contribution >= 4 is 37.6 Å². The minimum atomic E-state index is -1.19. The van der Waals surface area contributed by atoms with Crippen molar-refractivity contribution in [1.82, 2.24) is 9.55 Å². The number of hydrogen-bond acceptors (Lipinski definition) is 5. The van der Waals surface area contributed by atoms with Gasteiger partial charge in [0.05, 0.1) is 29.2 Å². The lowest BCUT2D eigenvalue weighted by molar-refractivity contribution is -0.00467. The summed E-state index contributed by atoms with van der Waals surface area (Å²) in [7, 11) is -1.19. The first kappa shape index (κ1) is 31.9. The summed E-state index contributed by atoms with van der Waals surface area (Å²) in [6.45, 7) is 18.1. The van der Waals surface area contributed by atoms with E-state index >= 15 is 4.39 Å². The van der Waals surface area contributed by atoms with Gasteiger partial charge in [-0.25, -0.2) is 14.2 Å². The van der Waals surface area contributed by atoms with Crippen LogP contribution in [0.25, 0.3) is 11.0 Å². The van der Waals surface area contributed by atoms with Crippen LogP contribution in [0.4, 0.5) is 8.78 Å². The number of ether oxygens (including phenoxy) is 1. The number of nitrogens with zero attached hydrogens (tertiary/aromatic N) is 2.